The summed E-state index contributed by atoms with van der Waals surface area (Å²) in [5, 5.41) is 3.46. The average molecular weight is 463 g/mol. The molecule has 3 aromatic carbocycles. The van der Waals surface area contributed by atoms with Gasteiger partial charge in [0, 0.05) is 22.9 Å². The molecule has 33 heavy (non-hydrogen) atoms. The van der Waals surface area contributed by atoms with Crippen LogP contribution >= 0.6 is 11.6 Å². The van der Waals surface area contributed by atoms with Crippen molar-refractivity contribution >= 4 is 40.9 Å². The van der Waals surface area contributed by atoms with Crippen LogP contribution in [0.5, 0.6) is 11.5 Å². The molecule has 1 aliphatic rings. The molecule has 0 fully saturated rings. The van der Waals surface area contributed by atoms with Crippen molar-refractivity contribution in [2.45, 2.75) is 13.0 Å². The topological polar surface area (TPSA) is 67.9 Å². The Morgan fingerprint density at radius 2 is 1.88 bits per heavy atom. The largest absolute Gasteiger partial charge is 0.492 e. The van der Waals surface area contributed by atoms with Gasteiger partial charge in [0.15, 0.2) is 6.10 Å². The van der Waals surface area contributed by atoms with Gasteiger partial charge in [0.2, 0.25) is 5.91 Å². The van der Waals surface area contributed by atoms with E-state index in [1.165, 1.54) is 6.08 Å². The summed E-state index contributed by atoms with van der Waals surface area (Å²) in [6.07, 6.45) is 2.52. The lowest BCUT2D eigenvalue weighted by Crippen LogP contribution is -2.46. The Hall–Kier alpha value is -3.77. The normalized spacial score (nSPS) is 15.2. The number of fused-ring (bicyclic) bond motifs is 1. The van der Waals surface area contributed by atoms with Crippen LogP contribution in [0.4, 0.5) is 11.4 Å². The second kappa shape index (κ2) is 10.2. The number of amides is 2. The van der Waals surface area contributed by atoms with Gasteiger partial charge in [-0.25, -0.2) is 0 Å². The second-order valence-corrected chi connectivity index (χ2v) is 7.90. The molecule has 1 heterocycles. The minimum Gasteiger partial charge on any atom is -0.492 e. The van der Waals surface area contributed by atoms with Gasteiger partial charge in [-0.3, -0.25) is 9.59 Å². The highest BCUT2D eigenvalue weighted by Gasteiger charge is 2.31. The van der Waals surface area contributed by atoms with E-state index < -0.39 is 6.10 Å². The summed E-state index contributed by atoms with van der Waals surface area (Å²) in [7, 11) is 0. The minimum atomic E-state index is -0.634. The lowest BCUT2D eigenvalue weighted by atomic mass is 10.1. The van der Waals surface area contributed by atoms with E-state index in [4.69, 9.17) is 21.1 Å². The summed E-state index contributed by atoms with van der Waals surface area (Å²) in [5.74, 6) is 0.859. The molecule has 6 nitrogen and oxygen atoms in total. The predicted octanol–water partition coefficient (Wildman–Crippen LogP) is 5.18. The van der Waals surface area contributed by atoms with Crippen LogP contribution in [-0.4, -0.2) is 31.1 Å². The van der Waals surface area contributed by atoms with E-state index in [9.17, 15) is 9.59 Å². The number of carbonyl (C=O) groups excluding carboxylic acids is 2. The Kier molecular flexibility index (Phi) is 6.95. The van der Waals surface area contributed by atoms with E-state index in [2.05, 4.69) is 5.32 Å². The third-order valence-corrected chi connectivity index (χ3v) is 5.31. The zero-order chi connectivity index (χ0) is 23.2. The highest BCUT2D eigenvalue weighted by atomic mass is 35.5. The fraction of sp³-hybridized carbons (Fsp3) is 0.154. The molecule has 0 radical (unpaired) electrons. The number of ether oxygens (including phenoxy) is 2. The van der Waals surface area contributed by atoms with Crippen molar-refractivity contribution in [3.8, 4) is 11.5 Å². The van der Waals surface area contributed by atoms with Gasteiger partial charge in [-0.1, -0.05) is 41.9 Å². The number of para-hydroxylation sites is 1. The van der Waals surface area contributed by atoms with Crippen LogP contribution < -0.4 is 19.7 Å². The molecule has 2 amide bonds. The van der Waals surface area contributed by atoms with Gasteiger partial charge >= 0.3 is 0 Å². The quantitative estimate of drug-likeness (QED) is 0.491. The molecule has 168 valence electrons. The summed E-state index contributed by atoms with van der Waals surface area (Å²) in [5.41, 5.74) is 2.08. The zero-order valence-corrected chi connectivity index (χ0v) is 18.8. The van der Waals surface area contributed by atoms with Crippen molar-refractivity contribution in [1.82, 2.24) is 0 Å². The lowest BCUT2D eigenvalue weighted by molar-refractivity contribution is -0.125. The first-order valence-corrected chi connectivity index (χ1v) is 10.9. The molecule has 0 saturated heterocycles. The van der Waals surface area contributed by atoms with Gasteiger partial charge in [-0.05, 0) is 55.0 Å². The first-order valence-electron chi connectivity index (χ1n) is 10.5. The summed E-state index contributed by atoms with van der Waals surface area (Å²) in [4.78, 5) is 26.7. The Balaban J connectivity index is 1.42. The standard InChI is InChI=1S/C26H23ClN2O4/c1-18-26(31)29(15-16-32-22-5-3-2-4-6-22)23-13-12-21(17-24(23)33-18)28-25(30)14-9-19-7-10-20(27)11-8-19/h2-14,17-18H,15-16H2,1H3,(H,28,30)/b14-9+. The van der Waals surface area contributed by atoms with E-state index in [1.54, 1.807) is 48.2 Å². The third-order valence-electron chi connectivity index (χ3n) is 5.06. The Labute approximate surface area is 197 Å². The Morgan fingerprint density at radius 3 is 2.64 bits per heavy atom. The smallest absolute Gasteiger partial charge is 0.267 e. The Morgan fingerprint density at radius 1 is 1.12 bits per heavy atom. The van der Waals surface area contributed by atoms with E-state index in [-0.39, 0.29) is 11.8 Å². The molecule has 0 saturated carbocycles. The van der Waals surface area contributed by atoms with Crippen LogP contribution in [-0.2, 0) is 9.59 Å². The van der Waals surface area contributed by atoms with Gasteiger partial charge in [0.1, 0.15) is 18.1 Å². The van der Waals surface area contributed by atoms with Crippen molar-refractivity contribution in [3.63, 3.8) is 0 Å². The van der Waals surface area contributed by atoms with E-state index in [0.717, 1.165) is 11.3 Å². The predicted molar refractivity (Wildman–Crippen MR) is 130 cm³/mol. The van der Waals surface area contributed by atoms with E-state index >= 15 is 0 Å². The number of carbonyl (C=O) groups is 2. The van der Waals surface area contributed by atoms with Crippen molar-refractivity contribution in [2.75, 3.05) is 23.4 Å². The fourth-order valence-electron chi connectivity index (χ4n) is 3.42. The molecule has 0 aromatic heterocycles. The number of nitrogens with zero attached hydrogens (tertiary/aromatic N) is 1. The number of nitrogens with one attached hydrogen (secondary N) is 1. The van der Waals surface area contributed by atoms with Crippen molar-refractivity contribution < 1.29 is 19.1 Å². The van der Waals surface area contributed by atoms with Crippen molar-refractivity contribution in [1.29, 1.82) is 0 Å². The SMILES string of the molecule is CC1Oc2cc(NC(=O)/C=C/c3ccc(Cl)cc3)ccc2N(CCOc2ccccc2)C1=O. The number of hydrogen-bond donors (Lipinski definition) is 1. The molecule has 0 aliphatic carbocycles. The maximum Gasteiger partial charge on any atom is 0.267 e. The highest BCUT2D eigenvalue weighted by Crippen LogP contribution is 2.36. The number of hydrogen-bond acceptors (Lipinski definition) is 4. The molecule has 4 rings (SSSR count). The number of benzene rings is 3. The van der Waals surface area contributed by atoms with Crippen LogP contribution in [0.25, 0.3) is 6.08 Å². The second-order valence-electron chi connectivity index (χ2n) is 7.47. The van der Waals surface area contributed by atoms with Crippen LogP contribution in [0, 0.1) is 0 Å². The minimum absolute atomic E-state index is 0.137. The molecule has 1 unspecified atom stereocenters. The van der Waals surface area contributed by atoms with Gasteiger partial charge in [0.05, 0.1) is 12.2 Å². The maximum absolute atomic E-state index is 12.7. The summed E-state index contributed by atoms with van der Waals surface area (Å²) in [6.45, 7) is 2.43. The van der Waals surface area contributed by atoms with Crippen LogP contribution in [0.1, 0.15) is 12.5 Å². The van der Waals surface area contributed by atoms with Crippen molar-refractivity contribution in [2.24, 2.45) is 0 Å². The van der Waals surface area contributed by atoms with Gasteiger partial charge in [0.25, 0.3) is 5.91 Å². The fourth-order valence-corrected chi connectivity index (χ4v) is 3.55. The molecule has 3 aromatic rings. The highest BCUT2D eigenvalue weighted by molar-refractivity contribution is 6.30. The van der Waals surface area contributed by atoms with Crippen LogP contribution in [0.3, 0.4) is 0 Å². The van der Waals surface area contributed by atoms with Gasteiger partial charge in [-0.15, -0.1) is 0 Å². The van der Waals surface area contributed by atoms with Crippen molar-refractivity contribution in [3.05, 3.63) is 89.5 Å². The molecular formula is C26H23ClN2O4. The first-order chi connectivity index (χ1) is 16.0. The molecule has 1 N–H and O–H groups in total. The lowest BCUT2D eigenvalue weighted by Gasteiger charge is -2.33. The summed E-state index contributed by atoms with van der Waals surface area (Å²) >= 11 is 5.88. The van der Waals surface area contributed by atoms with Gasteiger partial charge in [-0.2, -0.15) is 0 Å². The van der Waals surface area contributed by atoms with Crippen LogP contribution in [0.2, 0.25) is 5.02 Å². The molecule has 0 bridgehead atoms. The number of rotatable bonds is 7. The maximum atomic E-state index is 12.7. The monoisotopic (exact) mass is 462 g/mol. The van der Waals surface area contributed by atoms with Gasteiger partial charge < -0.3 is 19.7 Å². The van der Waals surface area contributed by atoms with Crippen LogP contribution in [0.15, 0.2) is 78.9 Å². The molecule has 1 aliphatic heterocycles. The third kappa shape index (κ3) is 5.73. The first kappa shape index (κ1) is 22.4. The molecule has 1 atom stereocenters. The average Bonchev–Trinajstić information content (AvgIpc) is 2.82. The number of halogens is 1. The summed E-state index contributed by atoms with van der Waals surface area (Å²) in [6, 6.07) is 21.9. The molecular weight excluding hydrogens is 440 g/mol. The van der Waals surface area contributed by atoms with E-state index in [1.807, 2.05) is 42.5 Å². The summed E-state index contributed by atoms with van der Waals surface area (Å²) < 4.78 is 11.5. The Bertz CT molecular complexity index is 1160. The molecule has 0 spiro atoms. The zero-order valence-electron chi connectivity index (χ0n) is 18.0. The molecule has 7 heteroatoms. The number of anilines is 2. The van der Waals surface area contributed by atoms with E-state index in [0.29, 0.717) is 35.3 Å².